The number of hydrogen-bond donors (Lipinski definition) is 0. The first-order valence-corrected chi connectivity index (χ1v) is 8.05. The molecular weight excluding hydrogens is 339 g/mol. The van der Waals surface area contributed by atoms with Crippen LogP contribution in [0.3, 0.4) is 0 Å². The summed E-state index contributed by atoms with van der Waals surface area (Å²) in [6.45, 7) is 0.404. The lowest BCUT2D eigenvalue weighted by Crippen LogP contribution is -2.11. The van der Waals surface area contributed by atoms with E-state index in [1.54, 1.807) is 38.5 Å². The second kappa shape index (κ2) is 7.58. The van der Waals surface area contributed by atoms with Gasteiger partial charge in [-0.3, -0.25) is 0 Å². The Balaban J connectivity index is 2.33. The Morgan fingerprint density at radius 3 is 2.54 bits per heavy atom. The van der Waals surface area contributed by atoms with Gasteiger partial charge in [-0.2, -0.15) is 0 Å². The number of halogens is 1. The third-order valence-electron chi connectivity index (χ3n) is 4.21. The van der Waals surface area contributed by atoms with E-state index in [1.165, 1.54) is 19.2 Å². The van der Waals surface area contributed by atoms with E-state index >= 15 is 0 Å². The zero-order chi connectivity index (χ0) is 18.7. The molecular formula is C20H19FO5. The molecule has 0 saturated carbocycles. The zero-order valence-corrected chi connectivity index (χ0v) is 14.8. The van der Waals surface area contributed by atoms with E-state index in [9.17, 15) is 9.18 Å². The first-order chi connectivity index (χ1) is 12.6. The Kier molecular flexibility index (Phi) is 5.23. The molecule has 26 heavy (non-hydrogen) atoms. The fourth-order valence-corrected chi connectivity index (χ4v) is 2.98. The summed E-state index contributed by atoms with van der Waals surface area (Å²) in [5.74, 6) is 0.626. The molecule has 0 aliphatic carbocycles. The summed E-state index contributed by atoms with van der Waals surface area (Å²) >= 11 is 0. The molecule has 6 heteroatoms. The predicted molar refractivity (Wildman–Crippen MR) is 96.6 cm³/mol. The van der Waals surface area contributed by atoms with Crippen molar-refractivity contribution in [2.75, 3.05) is 27.9 Å². The summed E-state index contributed by atoms with van der Waals surface area (Å²) in [6, 6.07) is 9.35. The Hall–Kier alpha value is -2.86. The van der Waals surface area contributed by atoms with Gasteiger partial charge in [-0.15, -0.1) is 0 Å². The number of fused-ring (bicyclic) bond motifs is 1. The third kappa shape index (κ3) is 3.28. The van der Waals surface area contributed by atoms with Gasteiger partial charge in [-0.25, -0.2) is 9.18 Å². The molecule has 0 atom stereocenters. The number of methoxy groups -OCH3 is 3. The van der Waals surface area contributed by atoms with Crippen LogP contribution in [0.4, 0.5) is 4.39 Å². The van der Waals surface area contributed by atoms with E-state index in [4.69, 9.17) is 18.6 Å². The van der Waals surface area contributed by atoms with Crippen molar-refractivity contribution in [3.05, 3.63) is 58.2 Å². The molecule has 0 aliphatic heterocycles. The minimum atomic E-state index is -0.558. The quantitative estimate of drug-likeness (QED) is 0.627. The maximum atomic E-state index is 13.6. The van der Waals surface area contributed by atoms with E-state index in [-0.39, 0.29) is 5.58 Å². The highest BCUT2D eigenvalue weighted by Crippen LogP contribution is 2.36. The molecule has 1 heterocycles. The molecule has 136 valence electrons. The van der Waals surface area contributed by atoms with Crippen LogP contribution in [0.5, 0.6) is 11.5 Å². The molecule has 0 bridgehead atoms. The van der Waals surface area contributed by atoms with Crippen LogP contribution in [-0.4, -0.2) is 27.9 Å². The van der Waals surface area contributed by atoms with Crippen molar-refractivity contribution in [3.63, 3.8) is 0 Å². The maximum Gasteiger partial charge on any atom is 0.344 e. The van der Waals surface area contributed by atoms with Gasteiger partial charge in [0.05, 0.1) is 26.4 Å². The first kappa shape index (κ1) is 17.9. The van der Waals surface area contributed by atoms with Crippen molar-refractivity contribution in [2.24, 2.45) is 0 Å². The van der Waals surface area contributed by atoms with Crippen molar-refractivity contribution in [1.82, 2.24) is 0 Å². The van der Waals surface area contributed by atoms with E-state index in [0.717, 1.165) is 5.56 Å². The fourth-order valence-electron chi connectivity index (χ4n) is 2.98. The molecule has 0 saturated heterocycles. The highest BCUT2D eigenvalue weighted by atomic mass is 19.1. The smallest absolute Gasteiger partial charge is 0.344 e. The standard InChI is InChI=1S/C20H19FO5/c1-23-9-8-15-14-6-4-12(21)10-18(14)26-20(22)19(15)16-7-5-13(24-2)11-17(16)25-3/h4-7,10-11H,8-9H2,1-3H3. The minimum absolute atomic E-state index is 0.206. The van der Waals surface area contributed by atoms with Gasteiger partial charge in [0.25, 0.3) is 0 Å². The van der Waals surface area contributed by atoms with Gasteiger partial charge >= 0.3 is 5.63 Å². The average Bonchev–Trinajstić information content (AvgIpc) is 2.65. The van der Waals surface area contributed by atoms with Crippen LogP contribution in [0.25, 0.3) is 22.1 Å². The lowest BCUT2D eigenvalue weighted by molar-refractivity contribution is 0.202. The maximum absolute atomic E-state index is 13.6. The second-order valence-electron chi connectivity index (χ2n) is 5.69. The van der Waals surface area contributed by atoms with Crippen LogP contribution in [0.2, 0.25) is 0 Å². The molecule has 0 N–H and O–H groups in total. The fraction of sp³-hybridized carbons (Fsp3) is 0.250. The van der Waals surface area contributed by atoms with Crippen LogP contribution >= 0.6 is 0 Å². The van der Waals surface area contributed by atoms with Gasteiger partial charge in [0, 0.05) is 30.2 Å². The Bertz CT molecular complexity index is 993. The highest BCUT2D eigenvalue weighted by Gasteiger charge is 2.20. The average molecular weight is 358 g/mol. The van der Waals surface area contributed by atoms with E-state index in [1.807, 2.05) is 0 Å². The van der Waals surface area contributed by atoms with Crippen molar-refractivity contribution in [1.29, 1.82) is 0 Å². The summed E-state index contributed by atoms with van der Waals surface area (Å²) < 4.78 is 34.8. The zero-order valence-electron chi connectivity index (χ0n) is 14.8. The number of rotatable bonds is 6. The largest absolute Gasteiger partial charge is 0.497 e. The second-order valence-corrected chi connectivity index (χ2v) is 5.69. The molecule has 0 radical (unpaired) electrons. The summed E-state index contributed by atoms with van der Waals surface area (Å²) in [5.41, 5.74) is 1.33. The molecule has 0 aliphatic rings. The van der Waals surface area contributed by atoms with Crippen LogP contribution in [0.15, 0.2) is 45.6 Å². The van der Waals surface area contributed by atoms with Crippen LogP contribution in [-0.2, 0) is 11.2 Å². The van der Waals surface area contributed by atoms with Crippen LogP contribution in [0.1, 0.15) is 5.56 Å². The number of benzene rings is 2. The number of hydrogen-bond acceptors (Lipinski definition) is 5. The monoisotopic (exact) mass is 358 g/mol. The summed E-state index contributed by atoms with van der Waals surface area (Å²) in [7, 11) is 4.66. The molecule has 2 aromatic carbocycles. The number of ether oxygens (including phenoxy) is 3. The SMILES string of the molecule is COCCc1c(-c2ccc(OC)cc2OC)c(=O)oc2cc(F)ccc12. The molecule has 0 unspecified atom stereocenters. The van der Waals surface area contributed by atoms with Gasteiger partial charge in [0.15, 0.2) is 0 Å². The lowest BCUT2D eigenvalue weighted by Gasteiger charge is -2.15. The van der Waals surface area contributed by atoms with Gasteiger partial charge in [0.2, 0.25) is 0 Å². The Morgan fingerprint density at radius 1 is 1.04 bits per heavy atom. The summed E-state index contributed by atoms with van der Waals surface area (Å²) in [6.07, 6.45) is 0.467. The van der Waals surface area contributed by atoms with E-state index in [2.05, 4.69) is 0 Å². The molecule has 1 aromatic heterocycles. The van der Waals surface area contributed by atoms with Gasteiger partial charge < -0.3 is 18.6 Å². The topological polar surface area (TPSA) is 57.9 Å². The van der Waals surface area contributed by atoms with Crippen LogP contribution < -0.4 is 15.1 Å². The van der Waals surface area contributed by atoms with Gasteiger partial charge in [-0.1, -0.05) is 0 Å². The van der Waals surface area contributed by atoms with Gasteiger partial charge in [-0.05, 0) is 36.2 Å². The van der Waals surface area contributed by atoms with Gasteiger partial charge in [0.1, 0.15) is 22.9 Å². The van der Waals surface area contributed by atoms with Crippen LogP contribution in [0, 0.1) is 5.82 Å². The Morgan fingerprint density at radius 2 is 1.85 bits per heavy atom. The Labute approximate surface area is 149 Å². The normalized spacial score (nSPS) is 10.9. The van der Waals surface area contributed by atoms with E-state index in [0.29, 0.717) is 41.0 Å². The summed E-state index contributed by atoms with van der Waals surface area (Å²) in [5, 5.41) is 0.663. The molecule has 3 rings (SSSR count). The van der Waals surface area contributed by atoms with Crippen molar-refractivity contribution < 1.29 is 23.0 Å². The van der Waals surface area contributed by atoms with Crippen molar-refractivity contribution in [2.45, 2.75) is 6.42 Å². The molecule has 0 amide bonds. The summed E-state index contributed by atoms with van der Waals surface area (Å²) in [4.78, 5) is 12.7. The van der Waals surface area contributed by atoms with E-state index < -0.39 is 11.4 Å². The molecule has 0 spiro atoms. The first-order valence-electron chi connectivity index (χ1n) is 8.05. The highest BCUT2D eigenvalue weighted by molar-refractivity contribution is 5.88. The van der Waals surface area contributed by atoms with Crippen molar-refractivity contribution in [3.8, 4) is 22.6 Å². The minimum Gasteiger partial charge on any atom is -0.497 e. The lowest BCUT2D eigenvalue weighted by atomic mass is 9.95. The molecule has 0 fully saturated rings. The molecule has 5 nitrogen and oxygen atoms in total. The molecule has 3 aromatic rings. The van der Waals surface area contributed by atoms with Crippen molar-refractivity contribution >= 4 is 11.0 Å². The third-order valence-corrected chi connectivity index (χ3v) is 4.21. The predicted octanol–water partition coefficient (Wildman–Crippen LogP) is 3.81.